The molecule has 0 saturated carbocycles. The molecule has 1 N–H and O–H groups in total. The Labute approximate surface area is 172 Å². The van der Waals surface area contributed by atoms with E-state index >= 15 is 0 Å². The van der Waals surface area contributed by atoms with Crippen molar-refractivity contribution in [1.29, 1.82) is 0 Å². The van der Waals surface area contributed by atoms with Gasteiger partial charge >= 0.3 is 5.97 Å². The lowest BCUT2D eigenvalue weighted by atomic mass is 10.0. The zero-order valence-electron chi connectivity index (χ0n) is 16.7. The van der Waals surface area contributed by atoms with Gasteiger partial charge in [0.25, 0.3) is 6.43 Å². The van der Waals surface area contributed by atoms with Crippen LogP contribution in [0.4, 0.5) is 8.78 Å². The van der Waals surface area contributed by atoms with Gasteiger partial charge in [0.15, 0.2) is 29.1 Å². The number of benzene rings is 1. The third-order valence-corrected chi connectivity index (χ3v) is 4.29. The zero-order chi connectivity index (χ0) is 22.3. The van der Waals surface area contributed by atoms with E-state index in [9.17, 15) is 23.5 Å². The zero-order valence-corrected chi connectivity index (χ0v) is 16.7. The lowest BCUT2D eigenvalue weighted by molar-refractivity contribution is -0.169. The quantitative estimate of drug-likeness (QED) is 0.460. The largest absolute Gasteiger partial charge is 0.503 e. The second kappa shape index (κ2) is 10.5. The first kappa shape index (κ1) is 23.1. The molecule has 162 valence electrons. The van der Waals surface area contributed by atoms with Gasteiger partial charge in [0, 0.05) is 18.7 Å². The summed E-state index contributed by atoms with van der Waals surface area (Å²) < 4.78 is 42.2. The van der Waals surface area contributed by atoms with E-state index in [1.54, 1.807) is 30.3 Å². The summed E-state index contributed by atoms with van der Waals surface area (Å²) in [6, 6.07) is 9.66. The average Bonchev–Trinajstić information content (AvgIpc) is 2.72. The molecule has 0 spiro atoms. The van der Waals surface area contributed by atoms with Crippen LogP contribution >= 0.6 is 0 Å². The maximum Gasteiger partial charge on any atom is 0.309 e. The van der Waals surface area contributed by atoms with Crippen molar-refractivity contribution in [3.05, 3.63) is 48.3 Å². The summed E-state index contributed by atoms with van der Waals surface area (Å²) in [5.41, 5.74) is -0.278. The molecule has 0 aliphatic carbocycles. The number of aromatic nitrogens is 1. The minimum atomic E-state index is -2.99. The van der Waals surface area contributed by atoms with E-state index < -0.39 is 48.5 Å². The molecule has 0 amide bonds. The highest BCUT2D eigenvalue weighted by molar-refractivity contribution is 5.99. The predicted molar refractivity (Wildman–Crippen MR) is 103 cm³/mol. The molecule has 30 heavy (non-hydrogen) atoms. The number of nitrogens with zero attached hydrogens (tertiary/aromatic N) is 1. The maximum atomic E-state index is 13.5. The van der Waals surface area contributed by atoms with Gasteiger partial charge < -0.3 is 19.3 Å². The van der Waals surface area contributed by atoms with Crippen LogP contribution in [0.3, 0.4) is 0 Å². The number of carbonyl (C=O) groups excluding carboxylic acids is 2. The van der Waals surface area contributed by atoms with E-state index in [4.69, 9.17) is 14.2 Å². The molecule has 0 radical (unpaired) electrons. The van der Waals surface area contributed by atoms with Crippen LogP contribution in [0.15, 0.2) is 42.6 Å². The van der Waals surface area contributed by atoms with Crippen molar-refractivity contribution in [2.45, 2.75) is 38.9 Å². The van der Waals surface area contributed by atoms with Crippen LogP contribution in [0.2, 0.25) is 0 Å². The number of ether oxygens (including phenoxy) is 3. The first-order chi connectivity index (χ1) is 14.2. The number of alkyl halides is 2. The van der Waals surface area contributed by atoms with Crippen LogP contribution < -0.4 is 9.47 Å². The molecular weight excluding hydrogens is 400 g/mol. The molecule has 1 heterocycles. The molecular formula is C21H23F2NO6. The van der Waals surface area contributed by atoms with Crippen molar-refractivity contribution in [2.75, 3.05) is 7.11 Å². The maximum absolute atomic E-state index is 13.5. The number of hydrogen-bond donors (Lipinski definition) is 1. The fourth-order valence-corrected chi connectivity index (χ4v) is 2.65. The highest BCUT2D eigenvalue weighted by Gasteiger charge is 2.34. The fourth-order valence-electron chi connectivity index (χ4n) is 2.65. The van der Waals surface area contributed by atoms with E-state index in [1.807, 2.05) is 0 Å². The van der Waals surface area contributed by atoms with Gasteiger partial charge in [-0.3, -0.25) is 9.59 Å². The van der Waals surface area contributed by atoms with Crippen molar-refractivity contribution in [3.63, 3.8) is 0 Å². The van der Waals surface area contributed by atoms with Gasteiger partial charge in [0.1, 0.15) is 11.9 Å². The highest BCUT2D eigenvalue weighted by atomic mass is 19.3. The molecule has 1 aromatic carbocycles. The van der Waals surface area contributed by atoms with E-state index in [2.05, 4.69) is 4.98 Å². The van der Waals surface area contributed by atoms with E-state index in [1.165, 1.54) is 33.2 Å². The standard InChI is InChI=1S/C21H23F2NO6/c1-12(11-15(25)17-18(26)16(28-3)9-10-24-17)21(27)30-19(20(22)23)13(2)29-14-7-5-4-6-8-14/h4-10,12-13,19-20,26H,11H2,1-3H3/t12-,13+,19+/m1/s1. The number of aromatic hydroxyl groups is 1. The molecule has 0 fully saturated rings. The minimum Gasteiger partial charge on any atom is -0.503 e. The number of para-hydroxylation sites is 1. The van der Waals surface area contributed by atoms with Crippen molar-refractivity contribution in [3.8, 4) is 17.2 Å². The molecule has 1 aromatic heterocycles. The summed E-state index contributed by atoms with van der Waals surface area (Å²) in [5, 5.41) is 10.0. The van der Waals surface area contributed by atoms with Crippen LogP contribution in [0.25, 0.3) is 0 Å². The molecule has 0 saturated heterocycles. The van der Waals surface area contributed by atoms with Crippen LogP contribution in [-0.2, 0) is 9.53 Å². The van der Waals surface area contributed by atoms with Gasteiger partial charge in [-0.25, -0.2) is 13.8 Å². The topological polar surface area (TPSA) is 95.0 Å². The molecule has 0 unspecified atom stereocenters. The third-order valence-electron chi connectivity index (χ3n) is 4.29. The van der Waals surface area contributed by atoms with Crippen LogP contribution in [0.1, 0.15) is 30.8 Å². The van der Waals surface area contributed by atoms with Crippen molar-refractivity contribution >= 4 is 11.8 Å². The summed E-state index contributed by atoms with van der Waals surface area (Å²) in [7, 11) is 1.31. The first-order valence-electron chi connectivity index (χ1n) is 9.20. The molecule has 7 nitrogen and oxygen atoms in total. The second-order valence-corrected chi connectivity index (χ2v) is 6.61. The Balaban J connectivity index is 2.02. The number of methoxy groups -OCH3 is 1. The summed E-state index contributed by atoms with van der Waals surface area (Å²) >= 11 is 0. The molecule has 3 atom stereocenters. The summed E-state index contributed by atoms with van der Waals surface area (Å²) in [4.78, 5) is 28.5. The van der Waals surface area contributed by atoms with Crippen LogP contribution in [-0.4, -0.2) is 47.6 Å². The monoisotopic (exact) mass is 423 g/mol. The van der Waals surface area contributed by atoms with Crippen molar-refractivity contribution < 1.29 is 37.7 Å². The fraction of sp³-hybridized carbons (Fsp3) is 0.381. The highest BCUT2D eigenvalue weighted by Crippen LogP contribution is 2.29. The number of halogens is 2. The number of esters is 1. The van der Waals surface area contributed by atoms with E-state index in [0.29, 0.717) is 5.75 Å². The van der Waals surface area contributed by atoms with E-state index in [-0.39, 0.29) is 11.4 Å². The summed E-state index contributed by atoms with van der Waals surface area (Å²) in [6.07, 6.45) is -5.05. The molecule has 0 bridgehead atoms. The van der Waals surface area contributed by atoms with Crippen LogP contribution in [0, 0.1) is 5.92 Å². The molecule has 0 aliphatic heterocycles. The minimum absolute atomic E-state index is 0.0493. The Kier molecular flexibility index (Phi) is 8.08. The van der Waals surface area contributed by atoms with Gasteiger partial charge in [-0.15, -0.1) is 0 Å². The summed E-state index contributed by atoms with van der Waals surface area (Å²) in [6.45, 7) is 2.73. The predicted octanol–water partition coefficient (Wildman–Crippen LogP) is 3.65. The number of Topliss-reactive ketones (excluding diaryl/α,β-unsaturated/α-hetero) is 1. The Morgan fingerprint density at radius 1 is 1.13 bits per heavy atom. The summed E-state index contributed by atoms with van der Waals surface area (Å²) in [5.74, 6) is -2.74. The van der Waals surface area contributed by atoms with Crippen LogP contribution in [0.5, 0.6) is 17.2 Å². The number of hydrogen-bond acceptors (Lipinski definition) is 7. The molecule has 2 rings (SSSR count). The van der Waals surface area contributed by atoms with Crippen molar-refractivity contribution in [1.82, 2.24) is 4.98 Å². The van der Waals surface area contributed by atoms with Gasteiger partial charge in [0.05, 0.1) is 13.0 Å². The average molecular weight is 423 g/mol. The number of rotatable bonds is 10. The van der Waals surface area contributed by atoms with Gasteiger partial charge in [0.2, 0.25) is 0 Å². The van der Waals surface area contributed by atoms with Crippen molar-refractivity contribution in [2.24, 2.45) is 5.92 Å². The van der Waals surface area contributed by atoms with E-state index in [0.717, 1.165) is 0 Å². The molecule has 2 aromatic rings. The SMILES string of the molecule is COc1ccnc(C(=O)C[C@@H](C)C(=O)O[C@H](C(F)F)[C@H](C)Oc2ccccc2)c1O. The Morgan fingerprint density at radius 2 is 1.80 bits per heavy atom. The lowest BCUT2D eigenvalue weighted by Gasteiger charge is -2.25. The number of pyridine rings is 1. The molecule has 9 heteroatoms. The Bertz CT molecular complexity index is 862. The number of ketones is 1. The smallest absolute Gasteiger partial charge is 0.309 e. The Morgan fingerprint density at radius 3 is 2.40 bits per heavy atom. The lowest BCUT2D eigenvalue weighted by Crippen LogP contribution is -2.40. The number of carbonyl (C=O) groups is 2. The van der Waals surface area contributed by atoms with Gasteiger partial charge in [-0.05, 0) is 19.1 Å². The normalized spacial score (nSPS) is 13.9. The first-order valence-corrected chi connectivity index (χ1v) is 9.20. The van der Waals surface area contributed by atoms with Gasteiger partial charge in [-0.1, -0.05) is 25.1 Å². The Hall–Kier alpha value is -3.23. The molecule has 0 aliphatic rings. The van der Waals surface area contributed by atoms with Gasteiger partial charge in [-0.2, -0.15) is 0 Å². The second-order valence-electron chi connectivity index (χ2n) is 6.61. The third kappa shape index (κ3) is 5.88.